The molecule has 0 N–H and O–H groups in total. The molecule has 0 radical (unpaired) electrons. The molecule has 12 heteroatoms. The molecule has 0 unspecified atom stereocenters. The van der Waals surface area contributed by atoms with Gasteiger partial charge in [0.25, 0.3) is 5.56 Å². The van der Waals surface area contributed by atoms with Crippen LogP contribution in [0.2, 0.25) is 0 Å². The van der Waals surface area contributed by atoms with Gasteiger partial charge in [-0.05, 0) is 55.3 Å². The summed E-state index contributed by atoms with van der Waals surface area (Å²) in [5, 5.41) is 0. The fourth-order valence-electron chi connectivity index (χ4n) is 4.06. The van der Waals surface area contributed by atoms with Gasteiger partial charge in [-0.1, -0.05) is 39.4 Å². The van der Waals surface area contributed by atoms with E-state index >= 15 is 0 Å². The number of allylic oxidation sites excluding steroid dienone is 1. The van der Waals surface area contributed by atoms with E-state index in [0.29, 0.717) is 42.1 Å². The van der Waals surface area contributed by atoms with Crippen LogP contribution in [0.4, 0.5) is 8.78 Å². The number of hydrogen-bond donors (Lipinski definition) is 0. The van der Waals surface area contributed by atoms with Crippen LogP contribution in [0.25, 0.3) is 6.08 Å². The van der Waals surface area contributed by atoms with Crippen molar-refractivity contribution in [1.29, 1.82) is 0 Å². The van der Waals surface area contributed by atoms with Crippen molar-refractivity contribution in [2.75, 3.05) is 20.8 Å². The number of aromatic nitrogens is 1. The molecule has 0 spiro atoms. The number of ether oxygens (including phenoxy) is 4. The largest absolute Gasteiger partial charge is 0.493 e. The Hall–Kier alpha value is -3.51. The highest BCUT2D eigenvalue weighted by Crippen LogP contribution is 2.40. The molecule has 0 saturated carbocycles. The molecule has 1 atom stereocenters. The van der Waals surface area contributed by atoms with E-state index in [1.807, 2.05) is 0 Å². The number of fused-ring (bicyclic) bond motifs is 1. The van der Waals surface area contributed by atoms with Gasteiger partial charge in [-0.3, -0.25) is 9.36 Å². The Balaban J connectivity index is 1.92. The lowest BCUT2D eigenvalue weighted by Crippen LogP contribution is -2.40. The summed E-state index contributed by atoms with van der Waals surface area (Å²) < 4.78 is 47.9. The topological polar surface area (TPSA) is 88.4 Å². The van der Waals surface area contributed by atoms with Crippen molar-refractivity contribution in [3.8, 4) is 17.2 Å². The summed E-state index contributed by atoms with van der Waals surface area (Å²) in [5.74, 6) is 0.293. The molecule has 0 aliphatic carbocycles. The van der Waals surface area contributed by atoms with Gasteiger partial charge in [-0.15, -0.1) is 0 Å². The lowest BCUT2D eigenvalue weighted by molar-refractivity contribution is -0.139. The van der Waals surface area contributed by atoms with Gasteiger partial charge in [0, 0.05) is 4.47 Å². The van der Waals surface area contributed by atoms with Crippen LogP contribution in [-0.2, 0) is 9.53 Å². The second kappa shape index (κ2) is 11.5. The molecule has 1 aliphatic heterocycles. The highest BCUT2D eigenvalue weighted by Gasteiger charge is 2.35. The van der Waals surface area contributed by atoms with E-state index in [1.165, 1.54) is 30.9 Å². The van der Waals surface area contributed by atoms with Crippen LogP contribution in [0.15, 0.2) is 61.9 Å². The Morgan fingerprint density at radius 3 is 2.45 bits per heavy atom. The van der Waals surface area contributed by atoms with Gasteiger partial charge in [0.15, 0.2) is 16.3 Å². The fraction of sp³-hybridized carbons (Fsp3) is 0.269. The average Bonchev–Trinajstić information content (AvgIpc) is 3.18. The SMILES string of the molecule is CCOC(=O)C1=C(C)N=c2s/c(=C/c3ccc(OC(F)F)cc3)c(=O)n2[C@@H]1c1cc(OC)c(OC)cc1Br. The highest BCUT2D eigenvalue weighted by atomic mass is 79.9. The number of carbonyl (C=O) groups excluding carboxylic acids is 1. The van der Waals surface area contributed by atoms with Crippen LogP contribution < -0.4 is 29.1 Å². The minimum atomic E-state index is -2.93. The maximum atomic E-state index is 13.7. The summed E-state index contributed by atoms with van der Waals surface area (Å²) in [6, 6.07) is 8.43. The zero-order valence-corrected chi connectivity index (χ0v) is 23.2. The van der Waals surface area contributed by atoms with Crippen molar-refractivity contribution in [2.24, 2.45) is 4.99 Å². The molecule has 2 heterocycles. The third-order valence-electron chi connectivity index (χ3n) is 5.72. The van der Waals surface area contributed by atoms with Gasteiger partial charge in [-0.2, -0.15) is 8.78 Å². The molecule has 200 valence electrons. The van der Waals surface area contributed by atoms with Crippen LogP contribution in [-0.4, -0.2) is 38.0 Å². The number of benzene rings is 2. The predicted molar refractivity (Wildman–Crippen MR) is 141 cm³/mol. The smallest absolute Gasteiger partial charge is 0.387 e. The maximum absolute atomic E-state index is 13.7. The first-order valence-electron chi connectivity index (χ1n) is 11.3. The number of carbonyl (C=O) groups is 1. The number of rotatable bonds is 8. The van der Waals surface area contributed by atoms with Crippen molar-refractivity contribution < 1.29 is 32.5 Å². The van der Waals surface area contributed by atoms with Crippen LogP contribution in [0.1, 0.15) is 31.0 Å². The molecular formula is C26H23BrF2N2O6S. The summed E-state index contributed by atoms with van der Waals surface area (Å²) in [7, 11) is 3.00. The van der Waals surface area contributed by atoms with Crippen LogP contribution in [0.5, 0.6) is 17.2 Å². The number of thiazole rings is 1. The number of halogens is 3. The van der Waals surface area contributed by atoms with Gasteiger partial charge in [-0.25, -0.2) is 9.79 Å². The monoisotopic (exact) mass is 608 g/mol. The van der Waals surface area contributed by atoms with Gasteiger partial charge in [0.05, 0.1) is 42.7 Å². The Kier molecular flexibility index (Phi) is 8.32. The lowest BCUT2D eigenvalue weighted by atomic mass is 9.95. The zero-order chi connectivity index (χ0) is 27.6. The molecule has 1 aromatic heterocycles. The van der Waals surface area contributed by atoms with Crippen molar-refractivity contribution in [3.05, 3.63) is 83.0 Å². The molecule has 0 bridgehead atoms. The molecule has 0 amide bonds. The molecule has 2 aromatic carbocycles. The number of alkyl halides is 2. The second-order valence-corrected chi connectivity index (χ2v) is 9.84. The van der Waals surface area contributed by atoms with Crippen LogP contribution in [0, 0.1) is 0 Å². The summed E-state index contributed by atoms with van der Waals surface area (Å²) >= 11 is 4.70. The Labute approximate surface area is 228 Å². The van der Waals surface area contributed by atoms with Crippen molar-refractivity contribution in [1.82, 2.24) is 4.57 Å². The van der Waals surface area contributed by atoms with Crippen LogP contribution in [0.3, 0.4) is 0 Å². The second-order valence-electron chi connectivity index (χ2n) is 7.98. The summed E-state index contributed by atoms with van der Waals surface area (Å²) in [6.07, 6.45) is 1.63. The van der Waals surface area contributed by atoms with E-state index in [4.69, 9.17) is 14.2 Å². The van der Waals surface area contributed by atoms with Gasteiger partial charge in [0.2, 0.25) is 0 Å². The van der Waals surface area contributed by atoms with Crippen molar-refractivity contribution in [2.45, 2.75) is 26.5 Å². The van der Waals surface area contributed by atoms with E-state index < -0.39 is 18.6 Å². The van der Waals surface area contributed by atoms with Crippen LogP contribution >= 0.6 is 27.3 Å². The third-order valence-corrected chi connectivity index (χ3v) is 7.39. The van der Waals surface area contributed by atoms with E-state index in [-0.39, 0.29) is 23.5 Å². The van der Waals surface area contributed by atoms with E-state index in [1.54, 1.807) is 44.2 Å². The molecule has 3 aromatic rings. The average molecular weight is 609 g/mol. The zero-order valence-electron chi connectivity index (χ0n) is 20.8. The molecule has 1 aliphatic rings. The first-order chi connectivity index (χ1) is 18.2. The maximum Gasteiger partial charge on any atom is 0.387 e. The molecular weight excluding hydrogens is 586 g/mol. The number of esters is 1. The molecule has 8 nitrogen and oxygen atoms in total. The Morgan fingerprint density at radius 2 is 1.84 bits per heavy atom. The third kappa shape index (κ3) is 5.37. The van der Waals surface area contributed by atoms with Crippen molar-refractivity contribution in [3.63, 3.8) is 0 Å². The Bertz CT molecular complexity index is 1580. The normalized spacial score (nSPS) is 15.3. The molecule has 38 heavy (non-hydrogen) atoms. The molecule has 0 saturated heterocycles. The predicted octanol–water partition coefficient (Wildman–Crippen LogP) is 4.18. The number of methoxy groups -OCH3 is 2. The molecule has 4 rings (SSSR count). The fourth-order valence-corrected chi connectivity index (χ4v) is 5.65. The van der Waals surface area contributed by atoms with Crippen molar-refractivity contribution >= 4 is 39.3 Å². The number of hydrogen-bond acceptors (Lipinski definition) is 8. The highest BCUT2D eigenvalue weighted by molar-refractivity contribution is 9.10. The lowest BCUT2D eigenvalue weighted by Gasteiger charge is -2.26. The van der Waals surface area contributed by atoms with Gasteiger partial charge in [0.1, 0.15) is 5.75 Å². The summed E-state index contributed by atoms with van der Waals surface area (Å²) in [6.45, 7) is 0.595. The van der Waals surface area contributed by atoms with E-state index in [2.05, 4.69) is 25.7 Å². The standard InChI is InChI=1S/C26H23BrF2N2O6S/c1-5-36-24(33)21-13(2)30-26-31(22(21)16-11-18(34-3)19(35-4)12-17(16)27)23(32)20(38-26)10-14-6-8-15(9-7-14)37-25(28)29/h6-12,22,25H,5H2,1-4H3/b20-10+/t22-/m1/s1. The Morgan fingerprint density at radius 1 is 1.18 bits per heavy atom. The summed E-state index contributed by atoms with van der Waals surface area (Å²) in [4.78, 5) is 31.8. The summed E-state index contributed by atoms with van der Waals surface area (Å²) in [5.41, 5.74) is 1.41. The molecule has 0 fully saturated rings. The quantitative estimate of drug-likeness (QED) is 0.357. The first-order valence-corrected chi connectivity index (χ1v) is 12.9. The van der Waals surface area contributed by atoms with Gasteiger partial charge >= 0.3 is 12.6 Å². The number of nitrogens with zero attached hydrogens (tertiary/aromatic N) is 2. The minimum Gasteiger partial charge on any atom is -0.493 e. The van der Waals surface area contributed by atoms with Gasteiger partial charge < -0.3 is 18.9 Å². The minimum absolute atomic E-state index is 0.00613. The van der Waals surface area contributed by atoms with E-state index in [9.17, 15) is 18.4 Å². The van der Waals surface area contributed by atoms with E-state index in [0.717, 1.165) is 11.3 Å². The first kappa shape index (κ1) is 27.5.